The fraction of sp³-hybridized carbons (Fsp3) is 0.474. The second-order valence-corrected chi connectivity index (χ2v) is 6.87. The number of hydrogen-bond donors (Lipinski definition) is 3. The standard InChI is InChI=1S/C19H25N5O3/c25-18(26)6-5-14-1-3-16(4-2-14)13-24-22-12-17(23-24)19(27)21-11-15-7-9-20-10-8-15/h1-4,12,15,20H,5-11,13H2,(H,21,27)(H,25,26). The Morgan fingerprint density at radius 1 is 1.19 bits per heavy atom. The monoisotopic (exact) mass is 371 g/mol. The fourth-order valence-corrected chi connectivity index (χ4v) is 3.12. The first-order valence-corrected chi connectivity index (χ1v) is 9.29. The van der Waals surface area contributed by atoms with E-state index in [4.69, 9.17) is 5.11 Å². The maximum absolute atomic E-state index is 12.2. The molecule has 144 valence electrons. The van der Waals surface area contributed by atoms with E-state index >= 15 is 0 Å². The van der Waals surface area contributed by atoms with Crippen LogP contribution in [0.3, 0.4) is 0 Å². The number of carbonyl (C=O) groups excluding carboxylic acids is 1. The van der Waals surface area contributed by atoms with Crippen LogP contribution in [0.1, 0.15) is 40.9 Å². The average Bonchev–Trinajstić information content (AvgIpc) is 3.15. The first-order valence-electron chi connectivity index (χ1n) is 9.29. The third kappa shape index (κ3) is 5.89. The average molecular weight is 371 g/mol. The molecule has 1 fully saturated rings. The van der Waals surface area contributed by atoms with Gasteiger partial charge in [-0.2, -0.15) is 9.90 Å². The number of aliphatic carboxylic acids is 1. The Balaban J connectivity index is 1.49. The van der Waals surface area contributed by atoms with Gasteiger partial charge in [0.1, 0.15) is 0 Å². The predicted molar refractivity (Wildman–Crippen MR) is 99.4 cm³/mol. The topological polar surface area (TPSA) is 109 Å². The van der Waals surface area contributed by atoms with Gasteiger partial charge in [0.2, 0.25) is 0 Å². The van der Waals surface area contributed by atoms with E-state index in [9.17, 15) is 9.59 Å². The van der Waals surface area contributed by atoms with Crippen molar-refractivity contribution in [3.8, 4) is 0 Å². The van der Waals surface area contributed by atoms with Crippen LogP contribution in [0.2, 0.25) is 0 Å². The number of rotatable bonds is 8. The molecular formula is C19H25N5O3. The highest BCUT2D eigenvalue weighted by molar-refractivity contribution is 5.91. The Bertz CT molecular complexity index is 766. The molecule has 1 aromatic heterocycles. The van der Waals surface area contributed by atoms with Crippen LogP contribution in [-0.2, 0) is 17.8 Å². The number of carboxylic acid groups (broad SMARTS) is 1. The van der Waals surface area contributed by atoms with Gasteiger partial charge in [-0.1, -0.05) is 24.3 Å². The van der Waals surface area contributed by atoms with Crippen LogP contribution in [0, 0.1) is 5.92 Å². The van der Waals surface area contributed by atoms with Crippen LogP contribution in [0.15, 0.2) is 30.5 Å². The minimum Gasteiger partial charge on any atom is -0.481 e. The Morgan fingerprint density at radius 2 is 1.89 bits per heavy atom. The Morgan fingerprint density at radius 3 is 2.59 bits per heavy atom. The molecule has 0 atom stereocenters. The number of hydrogen-bond acceptors (Lipinski definition) is 5. The highest BCUT2D eigenvalue weighted by Crippen LogP contribution is 2.10. The highest BCUT2D eigenvalue weighted by Gasteiger charge is 2.16. The second-order valence-electron chi connectivity index (χ2n) is 6.87. The molecule has 0 radical (unpaired) electrons. The highest BCUT2D eigenvalue weighted by atomic mass is 16.4. The van der Waals surface area contributed by atoms with Gasteiger partial charge in [0.25, 0.3) is 5.91 Å². The molecule has 8 nitrogen and oxygen atoms in total. The maximum Gasteiger partial charge on any atom is 0.303 e. The third-order valence-electron chi connectivity index (χ3n) is 4.75. The van der Waals surface area contributed by atoms with E-state index in [1.165, 1.54) is 11.0 Å². The molecule has 2 aromatic rings. The van der Waals surface area contributed by atoms with E-state index < -0.39 is 5.97 Å². The summed E-state index contributed by atoms with van der Waals surface area (Å²) in [4.78, 5) is 24.3. The molecule has 1 amide bonds. The number of aryl methyl sites for hydroxylation is 1. The molecule has 1 aliphatic heterocycles. The number of nitrogens with one attached hydrogen (secondary N) is 2. The molecule has 2 heterocycles. The second kappa shape index (κ2) is 9.27. The summed E-state index contributed by atoms with van der Waals surface area (Å²) in [6.07, 6.45) is 4.27. The van der Waals surface area contributed by atoms with Gasteiger partial charge >= 0.3 is 5.97 Å². The summed E-state index contributed by atoms with van der Waals surface area (Å²) in [7, 11) is 0. The van der Waals surface area contributed by atoms with Crippen molar-refractivity contribution in [1.82, 2.24) is 25.6 Å². The minimum absolute atomic E-state index is 0.121. The van der Waals surface area contributed by atoms with Crippen molar-refractivity contribution in [2.75, 3.05) is 19.6 Å². The zero-order valence-electron chi connectivity index (χ0n) is 15.2. The zero-order valence-corrected chi connectivity index (χ0v) is 15.2. The summed E-state index contributed by atoms with van der Waals surface area (Å²) < 4.78 is 0. The van der Waals surface area contributed by atoms with Crippen molar-refractivity contribution in [2.45, 2.75) is 32.2 Å². The van der Waals surface area contributed by atoms with Gasteiger partial charge in [0, 0.05) is 13.0 Å². The summed E-state index contributed by atoms with van der Waals surface area (Å²) in [6, 6.07) is 7.68. The molecule has 0 saturated carbocycles. The van der Waals surface area contributed by atoms with Crippen molar-refractivity contribution < 1.29 is 14.7 Å². The number of carboxylic acids is 1. The van der Waals surface area contributed by atoms with Crippen molar-refractivity contribution in [3.63, 3.8) is 0 Å². The lowest BCUT2D eigenvalue weighted by molar-refractivity contribution is -0.136. The summed E-state index contributed by atoms with van der Waals surface area (Å²) in [5.41, 5.74) is 2.29. The first kappa shape index (κ1) is 19.0. The van der Waals surface area contributed by atoms with E-state index in [0.29, 0.717) is 31.1 Å². The van der Waals surface area contributed by atoms with Gasteiger partial charge in [0.05, 0.1) is 12.7 Å². The molecular weight excluding hydrogens is 346 g/mol. The minimum atomic E-state index is -0.800. The molecule has 0 unspecified atom stereocenters. The molecule has 0 aliphatic carbocycles. The normalized spacial score (nSPS) is 14.8. The van der Waals surface area contributed by atoms with Crippen molar-refractivity contribution in [1.29, 1.82) is 0 Å². The Hall–Kier alpha value is -2.74. The van der Waals surface area contributed by atoms with E-state index in [0.717, 1.165) is 37.1 Å². The SMILES string of the molecule is O=C(O)CCc1ccc(Cn2ncc(C(=O)NCC3CCNCC3)n2)cc1. The number of piperidine rings is 1. The van der Waals surface area contributed by atoms with Crippen molar-refractivity contribution >= 4 is 11.9 Å². The molecule has 1 saturated heterocycles. The smallest absolute Gasteiger partial charge is 0.303 e. The molecule has 0 bridgehead atoms. The molecule has 3 rings (SSSR count). The van der Waals surface area contributed by atoms with Gasteiger partial charge in [-0.05, 0) is 49.4 Å². The summed E-state index contributed by atoms with van der Waals surface area (Å²) >= 11 is 0. The van der Waals surface area contributed by atoms with E-state index in [-0.39, 0.29) is 12.3 Å². The van der Waals surface area contributed by atoms with Gasteiger partial charge in [-0.25, -0.2) is 0 Å². The zero-order chi connectivity index (χ0) is 19.1. The van der Waals surface area contributed by atoms with Gasteiger partial charge in [0.15, 0.2) is 5.69 Å². The van der Waals surface area contributed by atoms with Crippen molar-refractivity contribution in [2.24, 2.45) is 5.92 Å². The Kier molecular flexibility index (Phi) is 6.54. The molecule has 3 N–H and O–H groups in total. The number of benzene rings is 1. The predicted octanol–water partition coefficient (Wildman–Crippen LogP) is 1.07. The number of aromatic nitrogens is 3. The summed E-state index contributed by atoms with van der Waals surface area (Å²) in [5.74, 6) is -0.473. The molecule has 27 heavy (non-hydrogen) atoms. The Labute approximate surface area is 158 Å². The van der Waals surface area contributed by atoms with Gasteiger partial charge in [-0.15, -0.1) is 5.10 Å². The molecule has 1 aromatic carbocycles. The summed E-state index contributed by atoms with van der Waals surface area (Å²) in [6.45, 7) is 3.14. The van der Waals surface area contributed by atoms with Crippen LogP contribution >= 0.6 is 0 Å². The summed E-state index contributed by atoms with van der Waals surface area (Å²) in [5, 5.41) is 23.4. The first-order chi connectivity index (χ1) is 13.1. The van der Waals surface area contributed by atoms with Crippen LogP contribution < -0.4 is 10.6 Å². The number of nitrogens with zero attached hydrogens (tertiary/aromatic N) is 3. The lowest BCUT2D eigenvalue weighted by atomic mass is 9.98. The fourth-order valence-electron chi connectivity index (χ4n) is 3.12. The van der Waals surface area contributed by atoms with E-state index in [1.54, 1.807) is 0 Å². The third-order valence-corrected chi connectivity index (χ3v) is 4.75. The van der Waals surface area contributed by atoms with Gasteiger partial charge in [-0.3, -0.25) is 9.59 Å². The maximum atomic E-state index is 12.2. The quantitative estimate of drug-likeness (QED) is 0.640. The molecule has 1 aliphatic rings. The van der Waals surface area contributed by atoms with Crippen LogP contribution in [0.25, 0.3) is 0 Å². The van der Waals surface area contributed by atoms with Crippen LogP contribution in [-0.4, -0.2) is 51.6 Å². The number of carbonyl (C=O) groups is 2. The van der Waals surface area contributed by atoms with Gasteiger partial charge < -0.3 is 15.7 Å². The van der Waals surface area contributed by atoms with Crippen LogP contribution in [0.4, 0.5) is 0 Å². The number of amides is 1. The van der Waals surface area contributed by atoms with Crippen LogP contribution in [0.5, 0.6) is 0 Å². The van der Waals surface area contributed by atoms with E-state index in [1.807, 2.05) is 24.3 Å². The molecule has 0 spiro atoms. The van der Waals surface area contributed by atoms with Crippen molar-refractivity contribution in [3.05, 3.63) is 47.3 Å². The lowest BCUT2D eigenvalue weighted by Gasteiger charge is -2.22. The van der Waals surface area contributed by atoms with E-state index in [2.05, 4.69) is 20.8 Å². The lowest BCUT2D eigenvalue weighted by Crippen LogP contribution is -2.36. The largest absolute Gasteiger partial charge is 0.481 e. The molecule has 8 heteroatoms.